The van der Waals surface area contributed by atoms with Gasteiger partial charge >= 0.3 is 12.3 Å². The predicted octanol–water partition coefficient (Wildman–Crippen LogP) is 4.14. The van der Waals surface area contributed by atoms with Crippen molar-refractivity contribution in [3.05, 3.63) is 47.0 Å². The van der Waals surface area contributed by atoms with E-state index in [4.69, 9.17) is 4.74 Å². The molecule has 2 rings (SSSR count). The van der Waals surface area contributed by atoms with Crippen molar-refractivity contribution in [3.63, 3.8) is 0 Å². The molecule has 0 saturated carbocycles. The van der Waals surface area contributed by atoms with Gasteiger partial charge in [-0.2, -0.15) is 17.6 Å². The Balaban J connectivity index is 2.41. The summed E-state index contributed by atoms with van der Waals surface area (Å²) in [6, 6.07) is 4.10. The van der Waals surface area contributed by atoms with E-state index in [2.05, 4.69) is 15.3 Å². The van der Waals surface area contributed by atoms with Crippen molar-refractivity contribution in [3.8, 4) is 11.4 Å². The highest BCUT2D eigenvalue weighted by molar-refractivity contribution is 5.75. The minimum atomic E-state index is -4.73. The lowest BCUT2D eigenvalue weighted by Crippen LogP contribution is -2.32. The number of hydrogen-bond acceptors (Lipinski definition) is 5. The smallest absolute Gasteiger partial charge is 0.433 e. The predicted molar refractivity (Wildman–Crippen MR) is 90.9 cm³/mol. The van der Waals surface area contributed by atoms with Gasteiger partial charge in [0.1, 0.15) is 11.3 Å². The first-order valence-corrected chi connectivity index (χ1v) is 8.07. The van der Waals surface area contributed by atoms with E-state index in [0.29, 0.717) is 0 Å². The van der Waals surface area contributed by atoms with Gasteiger partial charge in [-0.05, 0) is 44.5 Å². The average molecular weight is 399 g/mol. The molecule has 0 aliphatic heterocycles. The fraction of sp³-hybridized carbons (Fsp3) is 0.333. The summed E-state index contributed by atoms with van der Waals surface area (Å²) in [5.41, 5.74) is -2.64. The number of aromatic nitrogens is 2. The van der Waals surface area contributed by atoms with Crippen LogP contribution in [0.3, 0.4) is 0 Å². The van der Waals surface area contributed by atoms with E-state index < -0.39 is 29.5 Å². The molecule has 0 aliphatic rings. The van der Waals surface area contributed by atoms with Crippen LogP contribution in [0.4, 0.5) is 22.4 Å². The van der Waals surface area contributed by atoms with Gasteiger partial charge in [0.05, 0.1) is 17.0 Å². The fourth-order valence-electron chi connectivity index (χ4n) is 2.16. The molecular weight excluding hydrogens is 382 g/mol. The van der Waals surface area contributed by atoms with E-state index in [0.717, 1.165) is 18.2 Å². The van der Waals surface area contributed by atoms with E-state index in [-0.39, 0.29) is 35.3 Å². The largest absolute Gasteiger partial charge is 0.444 e. The Bertz CT molecular complexity index is 893. The molecular formula is C18H17F4N3O3. The minimum absolute atomic E-state index is 0.157. The van der Waals surface area contributed by atoms with Crippen LogP contribution in [-0.4, -0.2) is 27.9 Å². The highest BCUT2D eigenvalue weighted by Gasteiger charge is 2.33. The number of halogens is 4. The van der Waals surface area contributed by atoms with Gasteiger partial charge in [-0.25, -0.2) is 14.8 Å². The van der Waals surface area contributed by atoms with Crippen LogP contribution in [0.15, 0.2) is 24.3 Å². The molecule has 0 fully saturated rings. The van der Waals surface area contributed by atoms with Gasteiger partial charge in [-0.15, -0.1) is 0 Å². The summed E-state index contributed by atoms with van der Waals surface area (Å²) in [4.78, 5) is 29.6. The lowest BCUT2D eigenvalue weighted by Gasteiger charge is -2.20. The zero-order valence-corrected chi connectivity index (χ0v) is 15.2. The maximum Gasteiger partial charge on any atom is 0.433 e. The van der Waals surface area contributed by atoms with Crippen LogP contribution in [0.2, 0.25) is 0 Å². The Kier molecular flexibility index (Phi) is 6.01. The zero-order chi connectivity index (χ0) is 21.1. The van der Waals surface area contributed by atoms with Crippen LogP contribution in [0.1, 0.15) is 42.4 Å². The van der Waals surface area contributed by atoms with Crippen LogP contribution in [0.5, 0.6) is 0 Å². The Hall–Kier alpha value is -3.04. The van der Waals surface area contributed by atoms with E-state index >= 15 is 0 Å². The molecule has 0 bridgehead atoms. The van der Waals surface area contributed by atoms with Gasteiger partial charge in [0.25, 0.3) is 0 Å². The molecule has 2 heterocycles. The van der Waals surface area contributed by atoms with Crippen molar-refractivity contribution in [1.29, 1.82) is 0 Å². The molecule has 28 heavy (non-hydrogen) atoms. The summed E-state index contributed by atoms with van der Waals surface area (Å²) in [7, 11) is 0. The molecule has 0 spiro atoms. The van der Waals surface area contributed by atoms with Crippen molar-refractivity contribution in [1.82, 2.24) is 15.3 Å². The van der Waals surface area contributed by atoms with Crippen LogP contribution < -0.4 is 5.32 Å². The molecule has 6 nitrogen and oxygen atoms in total. The summed E-state index contributed by atoms with van der Waals surface area (Å²) in [6.07, 6.45) is -5.28. The van der Waals surface area contributed by atoms with Gasteiger partial charge in [-0.1, -0.05) is 6.07 Å². The molecule has 0 saturated heterocycles. The fourth-order valence-corrected chi connectivity index (χ4v) is 2.16. The number of alkyl halides is 3. The first-order valence-electron chi connectivity index (χ1n) is 8.07. The monoisotopic (exact) mass is 399 g/mol. The Morgan fingerprint density at radius 2 is 1.82 bits per heavy atom. The molecule has 0 unspecified atom stereocenters. The number of carbonyl (C=O) groups excluding carboxylic acids is 2. The molecule has 1 amide bonds. The van der Waals surface area contributed by atoms with Gasteiger partial charge in [0.2, 0.25) is 5.95 Å². The zero-order valence-electron chi connectivity index (χ0n) is 15.2. The third kappa shape index (κ3) is 5.48. The summed E-state index contributed by atoms with van der Waals surface area (Å²) in [5, 5.41) is 2.40. The Morgan fingerprint density at radius 1 is 1.14 bits per heavy atom. The Morgan fingerprint density at radius 3 is 2.36 bits per heavy atom. The average Bonchev–Trinajstić information content (AvgIpc) is 2.57. The number of amides is 1. The number of aldehydes is 1. The summed E-state index contributed by atoms with van der Waals surface area (Å²) >= 11 is 0. The van der Waals surface area contributed by atoms with E-state index in [1.807, 2.05) is 0 Å². The summed E-state index contributed by atoms with van der Waals surface area (Å²) in [5.74, 6) is -1.14. The third-order valence-corrected chi connectivity index (χ3v) is 3.34. The van der Waals surface area contributed by atoms with Crippen LogP contribution in [0.25, 0.3) is 11.4 Å². The summed E-state index contributed by atoms with van der Waals surface area (Å²) in [6.45, 7) is 4.73. The molecule has 2 aromatic rings. The minimum Gasteiger partial charge on any atom is -0.444 e. The second kappa shape index (κ2) is 7.91. The molecule has 1 N–H and O–H groups in total. The van der Waals surface area contributed by atoms with Gasteiger partial charge in [-0.3, -0.25) is 4.79 Å². The molecule has 0 radical (unpaired) electrons. The van der Waals surface area contributed by atoms with Crippen molar-refractivity contribution in [2.75, 3.05) is 0 Å². The molecule has 2 aromatic heterocycles. The highest BCUT2D eigenvalue weighted by Crippen LogP contribution is 2.31. The molecule has 150 valence electrons. The topological polar surface area (TPSA) is 81.2 Å². The van der Waals surface area contributed by atoms with E-state index in [1.165, 1.54) is 6.07 Å². The third-order valence-electron chi connectivity index (χ3n) is 3.34. The SMILES string of the molecule is CC(C)(C)OC(=O)NCc1ccc(C(F)(F)F)nc1-c1ccc(C=O)c(F)n1. The maximum absolute atomic E-state index is 13.8. The highest BCUT2D eigenvalue weighted by atomic mass is 19.4. The number of nitrogens with zero attached hydrogens (tertiary/aromatic N) is 2. The van der Waals surface area contributed by atoms with Crippen LogP contribution in [-0.2, 0) is 17.5 Å². The number of carbonyl (C=O) groups is 2. The van der Waals surface area contributed by atoms with Crippen molar-refractivity contribution < 1.29 is 31.9 Å². The number of alkyl carbamates (subject to hydrolysis) is 1. The molecule has 0 aliphatic carbocycles. The summed E-state index contributed by atoms with van der Waals surface area (Å²) < 4.78 is 57.9. The van der Waals surface area contributed by atoms with Crippen LogP contribution >= 0.6 is 0 Å². The van der Waals surface area contributed by atoms with Crippen molar-refractivity contribution in [2.24, 2.45) is 0 Å². The van der Waals surface area contributed by atoms with E-state index in [1.54, 1.807) is 20.8 Å². The normalized spacial score (nSPS) is 11.8. The standard InChI is InChI=1S/C18H17F4N3O3/c1-17(2,3)28-16(27)23-8-10-5-7-13(18(20,21)22)25-14(10)12-6-4-11(9-26)15(19)24-12/h4-7,9H,8H2,1-3H3,(H,23,27). The van der Waals surface area contributed by atoms with Gasteiger partial charge in [0.15, 0.2) is 6.29 Å². The Labute approximate surface area is 157 Å². The van der Waals surface area contributed by atoms with Gasteiger partial charge in [0, 0.05) is 6.54 Å². The molecule has 0 atom stereocenters. The van der Waals surface area contributed by atoms with Crippen LogP contribution in [0, 0.1) is 5.95 Å². The lowest BCUT2D eigenvalue weighted by atomic mass is 10.1. The maximum atomic E-state index is 13.8. The molecule has 10 heteroatoms. The quantitative estimate of drug-likeness (QED) is 0.475. The lowest BCUT2D eigenvalue weighted by molar-refractivity contribution is -0.141. The number of ether oxygens (including phenoxy) is 1. The second-order valence-corrected chi connectivity index (χ2v) is 6.75. The molecule has 0 aromatic carbocycles. The van der Waals surface area contributed by atoms with E-state index in [9.17, 15) is 27.2 Å². The first-order chi connectivity index (χ1) is 12.9. The number of pyridine rings is 2. The van der Waals surface area contributed by atoms with Crippen molar-refractivity contribution in [2.45, 2.75) is 39.1 Å². The van der Waals surface area contributed by atoms with Gasteiger partial charge < -0.3 is 10.1 Å². The van der Waals surface area contributed by atoms with Crippen molar-refractivity contribution >= 4 is 12.4 Å². The second-order valence-electron chi connectivity index (χ2n) is 6.75. The number of nitrogens with one attached hydrogen (secondary N) is 1. The first kappa shape index (κ1) is 21.3. The number of rotatable bonds is 4. The number of hydrogen-bond donors (Lipinski definition) is 1.